The Morgan fingerprint density at radius 3 is 2.33 bits per heavy atom. The number of benzene rings is 2. The molecule has 0 saturated heterocycles. The van der Waals surface area contributed by atoms with Crippen LogP contribution in [0.4, 0.5) is 0 Å². The first-order valence-electron chi connectivity index (χ1n) is 9.93. The lowest BCUT2D eigenvalue weighted by molar-refractivity contribution is 0.0692. The number of aromatic nitrogens is 1. The second kappa shape index (κ2) is 10.1. The lowest BCUT2D eigenvalue weighted by atomic mass is 10.1. The Labute approximate surface area is 180 Å². The van der Waals surface area contributed by atoms with E-state index in [9.17, 15) is 9.90 Å². The molecule has 0 fully saturated rings. The summed E-state index contributed by atoms with van der Waals surface area (Å²) < 4.78 is 16.9. The summed E-state index contributed by atoms with van der Waals surface area (Å²) in [6, 6.07) is 10.9. The lowest BCUT2D eigenvalue weighted by Gasteiger charge is -2.11. The monoisotopic (exact) mass is 427 g/mol. The topological polar surface area (TPSA) is 77.9 Å². The SMILES string of the molecule is CCCOc1ccc(-c2csc(-c3ccc(OCC)c(OCC)c3)n2)cc1C(=O)O. The van der Waals surface area contributed by atoms with Crippen molar-refractivity contribution in [3.05, 3.63) is 47.3 Å². The van der Waals surface area contributed by atoms with Crippen LogP contribution in [0.3, 0.4) is 0 Å². The number of nitrogens with zero attached hydrogens (tertiary/aromatic N) is 1. The zero-order valence-electron chi connectivity index (χ0n) is 17.3. The molecule has 0 atom stereocenters. The normalized spacial score (nSPS) is 10.6. The Bertz CT molecular complexity index is 1010. The summed E-state index contributed by atoms with van der Waals surface area (Å²) in [5, 5.41) is 12.3. The van der Waals surface area contributed by atoms with E-state index in [2.05, 4.69) is 0 Å². The third-order valence-corrected chi connectivity index (χ3v) is 5.15. The summed E-state index contributed by atoms with van der Waals surface area (Å²) >= 11 is 1.49. The molecule has 1 N–H and O–H groups in total. The highest BCUT2D eigenvalue weighted by Crippen LogP contribution is 2.36. The van der Waals surface area contributed by atoms with Gasteiger partial charge in [0.25, 0.3) is 0 Å². The number of carboxylic acids is 1. The van der Waals surface area contributed by atoms with Gasteiger partial charge in [0.2, 0.25) is 0 Å². The molecule has 1 aromatic heterocycles. The molecule has 0 unspecified atom stereocenters. The molecule has 3 aromatic rings. The van der Waals surface area contributed by atoms with E-state index in [1.807, 2.05) is 50.4 Å². The van der Waals surface area contributed by atoms with Crippen LogP contribution in [0.1, 0.15) is 37.6 Å². The Hall–Kier alpha value is -3.06. The summed E-state index contributed by atoms with van der Waals surface area (Å²) in [5.41, 5.74) is 2.50. The Kier molecular flexibility index (Phi) is 7.30. The van der Waals surface area contributed by atoms with Crippen molar-refractivity contribution in [2.24, 2.45) is 0 Å². The average molecular weight is 428 g/mol. The van der Waals surface area contributed by atoms with Gasteiger partial charge < -0.3 is 19.3 Å². The van der Waals surface area contributed by atoms with Gasteiger partial charge in [0.15, 0.2) is 11.5 Å². The van der Waals surface area contributed by atoms with Crippen LogP contribution in [-0.4, -0.2) is 35.9 Å². The molecule has 0 amide bonds. The lowest BCUT2D eigenvalue weighted by Crippen LogP contribution is -2.04. The Balaban J connectivity index is 1.92. The standard InChI is InChI=1S/C23H25NO5S/c1-4-11-29-19-9-7-15(12-17(19)23(25)26)18-14-30-22(24-18)16-8-10-20(27-5-2)21(13-16)28-6-3/h7-10,12-14H,4-6,11H2,1-3H3,(H,25,26). The first kappa shape index (κ1) is 21.6. The van der Waals surface area contributed by atoms with Gasteiger partial charge in [0, 0.05) is 16.5 Å². The van der Waals surface area contributed by atoms with E-state index in [1.165, 1.54) is 11.3 Å². The fourth-order valence-corrected chi connectivity index (χ4v) is 3.74. The van der Waals surface area contributed by atoms with E-state index in [4.69, 9.17) is 19.2 Å². The molecule has 0 aliphatic heterocycles. The third kappa shape index (κ3) is 4.91. The van der Waals surface area contributed by atoms with Crippen molar-refractivity contribution in [2.75, 3.05) is 19.8 Å². The van der Waals surface area contributed by atoms with Crippen LogP contribution in [-0.2, 0) is 0 Å². The quantitative estimate of drug-likeness (QED) is 0.443. The molecule has 158 valence electrons. The molecule has 0 aliphatic carbocycles. The van der Waals surface area contributed by atoms with Gasteiger partial charge in [-0.3, -0.25) is 0 Å². The molecule has 7 heteroatoms. The largest absolute Gasteiger partial charge is 0.493 e. The van der Waals surface area contributed by atoms with Crippen LogP contribution in [0.5, 0.6) is 17.2 Å². The van der Waals surface area contributed by atoms with Crippen molar-refractivity contribution in [2.45, 2.75) is 27.2 Å². The highest BCUT2D eigenvalue weighted by Gasteiger charge is 2.16. The van der Waals surface area contributed by atoms with E-state index in [0.717, 1.165) is 22.6 Å². The smallest absolute Gasteiger partial charge is 0.339 e. The predicted octanol–water partition coefficient (Wildman–Crippen LogP) is 5.76. The minimum Gasteiger partial charge on any atom is -0.493 e. The second-order valence-corrected chi connectivity index (χ2v) is 7.29. The molecule has 0 aliphatic rings. The zero-order valence-corrected chi connectivity index (χ0v) is 18.1. The zero-order chi connectivity index (χ0) is 21.5. The maximum absolute atomic E-state index is 11.7. The number of carboxylic acid groups (broad SMARTS) is 1. The average Bonchev–Trinajstić information content (AvgIpc) is 3.24. The Morgan fingerprint density at radius 2 is 1.63 bits per heavy atom. The summed E-state index contributed by atoms with van der Waals surface area (Å²) in [6.07, 6.45) is 0.808. The van der Waals surface area contributed by atoms with E-state index >= 15 is 0 Å². The number of hydrogen-bond acceptors (Lipinski definition) is 6. The molecule has 6 nitrogen and oxygen atoms in total. The van der Waals surface area contributed by atoms with Crippen LogP contribution in [0.2, 0.25) is 0 Å². The van der Waals surface area contributed by atoms with Crippen molar-refractivity contribution < 1.29 is 24.1 Å². The maximum Gasteiger partial charge on any atom is 0.339 e. The van der Waals surface area contributed by atoms with Crippen LogP contribution < -0.4 is 14.2 Å². The number of hydrogen-bond donors (Lipinski definition) is 1. The summed E-state index contributed by atoms with van der Waals surface area (Å²) in [4.78, 5) is 16.4. The van der Waals surface area contributed by atoms with Gasteiger partial charge in [-0.1, -0.05) is 6.92 Å². The molecule has 0 bridgehead atoms. The summed E-state index contributed by atoms with van der Waals surface area (Å²) in [7, 11) is 0. The van der Waals surface area contributed by atoms with Crippen molar-refractivity contribution in [3.8, 4) is 39.1 Å². The number of rotatable bonds is 10. The minimum atomic E-state index is -1.02. The van der Waals surface area contributed by atoms with Crippen LogP contribution in [0.15, 0.2) is 41.8 Å². The number of aromatic carboxylic acids is 1. The van der Waals surface area contributed by atoms with Gasteiger partial charge >= 0.3 is 5.97 Å². The molecule has 0 saturated carbocycles. The van der Waals surface area contributed by atoms with Gasteiger partial charge in [-0.2, -0.15) is 0 Å². The van der Waals surface area contributed by atoms with Gasteiger partial charge in [-0.15, -0.1) is 11.3 Å². The van der Waals surface area contributed by atoms with Crippen LogP contribution in [0, 0.1) is 0 Å². The molecule has 1 heterocycles. The highest BCUT2D eigenvalue weighted by atomic mass is 32.1. The van der Waals surface area contributed by atoms with Gasteiger partial charge in [0.1, 0.15) is 16.3 Å². The van der Waals surface area contributed by atoms with Crippen LogP contribution >= 0.6 is 11.3 Å². The van der Waals surface area contributed by atoms with Crippen molar-refractivity contribution >= 4 is 17.3 Å². The van der Waals surface area contributed by atoms with Gasteiger partial charge in [-0.05, 0) is 56.7 Å². The fourth-order valence-electron chi connectivity index (χ4n) is 2.92. The summed E-state index contributed by atoms with van der Waals surface area (Å²) in [6.45, 7) is 7.41. The number of thiazole rings is 1. The molecule has 2 aromatic carbocycles. The van der Waals surface area contributed by atoms with Gasteiger partial charge in [-0.25, -0.2) is 9.78 Å². The molecular formula is C23H25NO5S. The van der Waals surface area contributed by atoms with Gasteiger partial charge in [0.05, 0.1) is 25.5 Å². The van der Waals surface area contributed by atoms with E-state index in [-0.39, 0.29) is 5.56 Å². The second-order valence-electron chi connectivity index (χ2n) is 6.43. The fraction of sp³-hybridized carbons (Fsp3) is 0.304. The predicted molar refractivity (Wildman–Crippen MR) is 118 cm³/mol. The first-order chi connectivity index (χ1) is 14.6. The van der Waals surface area contributed by atoms with E-state index in [1.54, 1.807) is 12.1 Å². The summed E-state index contributed by atoms with van der Waals surface area (Å²) in [5.74, 6) is 0.732. The first-order valence-corrected chi connectivity index (χ1v) is 10.8. The van der Waals surface area contributed by atoms with E-state index < -0.39 is 5.97 Å². The molecular weight excluding hydrogens is 402 g/mol. The van der Waals surface area contributed by atoms with Crippen molar-refractivity contribution in [3.63, 3.8) is 0 Å². The number of ether oxygens (including phenoxy) is 3. The van der Waals surface area contributed by atoms with Crippen molar-refractivity contribution in [1.82, 2.24) is 4.98 Å². The molecule has 0 radical (unpaired) electrons. The molecule has 30 heavy (non-hydrogen) atoms. The third-order valence-electron chi connectivity index (χ3n) is 4.26. The maximum atomic E-state index is 11.7. The highest BCUT2D eigenvalue weighted by molar-refractivity contribution is 7.13. The Morgan fingerprint density at radius 1 is 0.933 bits per heavy atom. The number of carbonyl (C=O) groups is 1. The molecule has 3 rings (SSSR count). The minimum absolute atomic E-state index is 0.134. The molecule has 0 spiro atoms. The van der Waals surface area contributed by atoms with Crippen LogP contribution in [0.25, 0.3) is 21.8 Å². The van der Waals surface area contributed by atoms with E-state index in [0.29, 0.717) is 42.8 Å². The van der Waals surface area contributed by atoms with Crippen molar-refractivity contribution in [1.29, 1.82) is 0 Å².